The van der Waals surface area contributed by atoms with Crippen molar-refractivity contribution in [2.24, 2.45) is 10.2 Å². The van der Waals surface area contributed by atoms with Crippen LogP contribution in [0.2, 0.25) is 0 Å². The molecule has 0 aliphatic heterocycles. The highest BCUT2D eigenvalue weighted by atomic mass is 32.1. The standard InChI is InChI=1S/C15H10N4O3S/c20-13-15(23-14(16-13)10-4-2-1-3-5-10)18-17-11-6-8-12(9-7-11)19(21)22/h1-9,20H. The van der Waals surface area contributed by atoms with E-state index in [-0.39, 0.29) is 16.6 Å². The first-order chi connectivity index (χ1) is 11.1. The van der Waals surface area contributed by atoms with Gasteiger partial charge in [-0.25, -0.2) is 0 Å². The molecule has 0 radical (unpaired) electrons. The van der Waals surface area contributed by atoms with Gasteiger partial charge in [-0.05, 0) is 12.1 Å². The Hall–Kier alpha value is -3.13. The first kappa shape index (κ1) is 14.8. The summed E-state index contributed by atoms with van der Waals surface area (Å²) in [4.78, 5) is 14.2. The summed E-state index contributed by atoms with van der Waals surface area (Å²) in [5.41, 5.74) is 1.31. The van der Waals surface area contributed by atoms with E-state index in [0.29, 0.717) is 10.7 Å². The number of hydrogen-bond acceptors (Lipinski definition) is 7. The minimum atomic E-state index is -0.484. The van der Waals surface area contributed by atoms with Crippen LogP contribution in [0.3, 0.4) is 0 Å². The number of thiazole rings is 1. The number of benzene rings is 2. The molecule has 3 rings (SSSR count). The highest BCUT2D eigenvalue weighted by molar-refractivity contribution is 7.19. The molecular weight excluding hydrogens is 316 g/mol. The third-order valence-corrected chi connectivity index (χ3v) is 3.91. The molecular formula is C15H10N4O3S. The van der Waals surface area contributed by atoms with Crippen LogP contribution in [0.25, 0.3) is 10.6 Å². The summed E-state index contributed by atoms with van der Waals surface area (Å²) in [5.74, 6) is -0.195. The van der Waals surface area contributed by atoms with Crippen LogP contribution in [0, 0.1) is 10.1 Å². The molecule has 1 N–H and O–H groups in total. The molecule has 0 spiro atoms. The molecule has 0 amide bonds. The van der Waals surface area contributed by atoms with E-state index in [9.17, 15) is 15.2 Å². The second-order valence-electron chi connectivity index (χ2n) is 4.49. The van der Waals surface area contributed by atoms with E-state index in [1.54, 1.807) is 0 Å². The lowest BCUT2D eigenvalue weighted by atomic mass is 10.2. The summed E-state index contributed by atoms with van der Waals surface area (Å²) < 4.78 is 0. The van der Waals surface area contributed by atoms with Crippen LogP contribution in [0.4, 0.5) is 16.4 Å². The normalized spacial score (nSPS) is 11.0. The average Bonchev–Trinajstić information content (AvgIpc) is 2.95. The molecule has 3 aromatic rings. The fraction of sp³-hybridized carbons (Fsp3) is 0. The number of hydrogen-bond donors (Lipinski definition) is 1. The molecule has 0 aliphatic carbocycles. The molecule has 2 aromatic carbocycles. The lowest BCUT2D eigenvalue weighted by molar-refractivity contribution is -0.384. The number of aromatic nitrogens is 1. The van der Waals surface area contributed by atoms with Crippen LogP contribution in [-0.4, -0.2) is 15.0 Å². The van der Waals surface area contributed by atoms with Crippen molar-refractivity contribution < 1.29 is 10.0 Å². The van der Waals surface area contributed by atoms with E-state index >= 15 is 0 Å². The van der Waals surface area contributed by atoms with Crippen molar-refractivity contribution in [2.45, 2.75) is 0 Å². The van der Waals surface area contributed by atoms with E-state index < -0.39 is 4.92 Å². The van der Waals surface area contributed by atoms with E-state index in [1.807, 2.05) is 30.3 Å². The van der Waals surface area contributed by atoms with Gasteiger partial charge in [0.2, 0.25) is 5.00 Å². The summed E-state index contributed by atoms with van der Waals surface area (Å²) in [7, 11) is 0. The Morgan fingerprint density at radius 1 is 1.04 bits per heavy atom. The number of azo groups is 1. The Morgan fingerprint density at radius 3 is 2.39 bits per heavy atom. The number of nitro groups is 1. The second kappa shape index (κ2) is 6.32. The van der Waals surface area contributed by atoms with Crippen molar-refractivity contribution >= 4 is 27.7 Å². The highest BCUT2D eigenvalue weighted by Crippen LogP contribution is 2.39. The lowest BCUT2D eigenvalue weighted by Crippen LogP contribution is -1.85. The van der Waals surface area contributed by atoms with Crippen LogP contribution in [-0.2, 0) is 0 Å². The second-order valence-corrected chi connectivity index (χ2v) is 5.46. The van der Waals surface area contributed by atoms with Gasteiger partial charge in [-0.2, -0.15) is 4.98 Å². The minimum Gasteiger partial charge on any atom is -0.491 e. The Morgan fingerprint density at radius 2 is 1.74 bits per heavy atom. The van der Waals surface area contributed by atoms with Gasteiger partial charge >= 0.3 is 0 Å². The molecule has 8 heteroatoms. The van der Waals surface area contributed by atoms with E-state index in [2.05, 4.69) is 15.2 Å². The van der Waals surface area contributed by atoms with E-state index in [4.69, 9.17) is 0 Å². The fourth-order valence-corrected chi connectivity index (χ4v) is 2.61. The molecule has 0 saturated carbocycles. The van der Waals surface area contributed by atoms with Crippen molar-refractivity contribution in [3.05, 3.63) is 64.7 Å². The quantitative estimate of drug-likeness (QED) is 0.421. The molecule has 0 saturated heterocycles. The van der Waals surface area contributed by atoms with E-state index in [0.717, 1.165) is 5.56 Å². The first-order valence-corrected chi connectivity index (χ1v) is 7.36. The average molecular weight is 326 g/mol. The zero-order valence-corrected chi connectivity index (χ0v) is 12.5. The van der Waals surface area contributed by atoms with Crippen molar-refractivity contribution in [2.75, 3.05) is 0 Å². The van der Waals surface area contributed by atoms with Gasteiger partial charge in [0.05, 0.1) is 10.6 Å². The van der Waals surface area contributed by atoms with Crippen LogP contribution in [0.1, 0.15) is 0 Å². The maximum absolute atomic E-state index is 10.6. The summed E-state index contributed by atoms with van der Waals surface area (Å²) in [6.45, 7) is 0. The van der Waals surface area contributed by atoms with Crippen molar-refractivity contribution in [3.63, 3.8) is 0 Å². The maximum Gasteiger partial charge on any atom is 0.269 e. The van der Waals surface area contributed by atoms with Gasteiger partial charge in [0, 0.05) is 17.7 Å². The highest BCUT2D eigenvalue weighted by Gasteiger charge is 2.11. The predicted molar refractivity (Wildman–Crippen MR) is 86.5 cm³/mol. The Bertz CT molecular complexity index is 860. The number of aromatic hydroxyl groups is 1. The Balaban J connectivity index is 1.82. The summed E-state index contributed by atoms with van der Waals surface area (Å²) in [6.07, 6.45) is 0. The molecule has 0 aliphatic rings. The van der Waals surface area contributed by atoms with Gasteiger partial charge in [-0.1, -0.05) is 41.7 Å². The van der Waals surface area contributed by atoms with Gasteiger partial charge < -0.3 is 5.11 Å². The maximum atomic E-state index is 10.6. The molecule has 0 fully saturated rings. The minimum absolute atomic E-state index is 0.0176. The Kier molecular flexibility index (Phi) is 4.07. The number of non-ortho nitro benzene ring substituents is 1. The van der Waals surface area contributed by atoms with Crippen molar-refractivity contribution in [1.29, 1.82) is 0 Å². The van der Waals surface area contributed by atoms with Crippen molar-refractivity contribution in [1.82, 2.24) is 4.98 Å². The smallest absolute Gasteiger partial charge is 0.269 e. The molecule has 0 bridgehead atoms. The van der Waals surface area contributed by atoms with Crippen LogP contribution >= 0.6 is 11.3 Å². The molecule has 0 atom stereocenters. The molecule has 114 valence electrons. The van der Waals surface area contributed by atoms with Crippen LogP contribution < -0.4 is 0 Å². The van der Waals surface area contributed by atoms with Gasteiger partial charge in [0.1, 0.15) is 5.01 Å². The molecule has 1 heterocycles. The molecule has 0 unspecified atom stereocenters. The summed E-state index contributed by atoms with van der Waals surface area (Å²) >= 11 is 1.21. The van der Waals surface area contributed by atoms with E-state index in [1.165, 1.54) is 35.6 Å². The Labute approximate surface area is 134 Å². The zero-order valence-electron chi connectivity index (χ0n) is 11.7. The summed E-state index contributed by atoms with van der Waals surface area (Å²) in [6, 6.07) is 15.1. The lowest BCUT2D eigenvalue weighted by Gasteiger charge is -1.92. The predicted octanol–water partition coefficient (Wildman–Crippen LogP) is 4.84. The number of nitro benzene ring substituents is 1. The van der Waals surface area contributed by atoms with Crippen LogP contribution in [0.15, 0.2) is 64.8 Å². The number of rotatable bonds is 4. The molecule has 7 nitrogen and oxygen atoms in total. The zero-order chi connectivity index (χ0) is 16.2. The fourth-order valence-electron chi connectivity index (χ4n) is 1.82. The largest absolute Gasteiger partial charge is 0.491 e. The van der Waals surface area contributed by atoms with Crippen molar-refractivity contribution in [3.8, 4) is 16.5 Å². The topological polar surface area (TPSA) is 101 Å². The van der Waals surface area contributed by atoms with Gasteiger partial charge in [-0.15, -0.1) is 10.2 Å². The van der Waals surface area contributed by atoms with Crippen LogP contribution in [0.5, 0.6) is 5.88 Å². The van der Waals surface area contributed by atoms with Gasteiger partial charge in [-0.3, -0.25) is 10.1 Å². The van der Waals surface area contributed by atoms with Gasteiger partial charge in [0.15, 0.2) is 0 Å². The summed E-state index contributed by atoms with van der Waals surface area (Å²) in [5, 5.41) is 29.3. The molecule has 1 aromatic heterocycles. The SMILES string of the molecule is O=[N+]([O-])c1ccc(N=Nc2sc(-c3ccccc3)nc2O)cc1. The monoisotopic (exact) mass is 326 g/mol. The third-order valence-electron chi connectivity index (χ3n) is 2.93. The molecule has 23 heavy (non-hydrogen) atoms. The van der Waals surface area contributed by atoms with Gasteiger partial charge in [0.25, 0.3) is 11.6 Å². The number of nitrogens with zero attached hydrogens (tertiary/aromatic N) is 4. The first-order valence-electron chi connectivity index (χ1n) is 6.55. The third kappa shape index (κ3) is 3.38.